The lowest BCUT2D eigenvalue weighted by Crippen LogP contribution is -2.49. The molecule has 1 saturated heterocycles. The van der Waals surface area contributed by atoms with Crippen molar-refractivity contribution >= 4 is 17.8 Å². The van der Waals surface area contributed by atoms with E-state index in [1.54, 1.807) is 30.3 Å². The average molecular weight is 319 g/mol. The molecule has 0 radical (unpaired) electrons. The predicted molar refractivity (Wildman–Crippen MR) is 88.0 cm³/mol. The second-order valence-corrected chi connectivity index (χ2v) is 5.67. The van der Waals surface area contributed by atoms with E-state index in [-0.39, 0.29) is 11.8 Å². The van der Waals surface area contributed by atoms with Gasteiger partial charge in [-0.2, -0.15) is 0 Å². The Kier molecular flexibility index (Phi) is 6.31. The molecular formula is C16H25N5O2. The largest absolute Gasteiger partial charge is 0.342 e. The molecule has 1 aromatic rings. The third-order valence-electron chi connectivity index (χ3n) is 4.00. The number of nitrogens with zero attached hydrogens (tertiary/aromatic N) is 5. The molecule has 23 heavy (non-hydrogen) atoms. The van der Waals surface area contributed by atoms with Gasteiger partial charge in [0.2, 0.25) is 17.8 Å². The third-order valence-corrected chi connectivity index (χ3v) is 4.00. The van der Waals surface area contributed by atoms with E-state index in [0.29, 0.717) is 38.5 Å². The van der Waals surface area contributed by atoms with Gasteiger partial charge in [-0.15, -0.1) is 0 Å². The first-order valence-electron chi connectivity index (χ1n) is 8.17. The van der Waals surface area contributed by atoms with Crippen LogP contribution >= 0.6 is 0 Å². The summed E-state index contributed by atoms with van der Waals surface area (Å²) in [5.41, 5.74) is 0. The molecule has 2 rings (SSSR count). The molecule has 0 bridgehead atoms. The highest BCUT2D eigenvalue weighted by Crippen LogP contribution is 2.10. The lowest BCUT2D eigenvalue weighted by atomic mass is 10.2. The molecule has 0 spiro atoms. The van der Waals surface area contributed by atoms with Crippen LogP contribution in [0.3, 0.4) is 0 Å². The lowest BCUT2D eigenvalue weighted by Gasteiger charge is -2.35. The van der Waals surface area contributed by atoms with Gasteiger partial charge in [-0.25, -0.2) is 9.97 Å². The average Bonchev–Trinajstić information content (AvgIpc) is 2.59. The van der Waals surface area contributed by atoms with Crippen molar-refractivity contribution in [1.29, 1.82) is 0 Å². The van der Waals surface area contributed by atoms with E-state index in [0.717, 1.165) is 19.5 Å². The van der Waals surface area contributed by atoms with Crippen LogP contribution in [0.15, 0.2) is 18.5 Å². The number of aromatic nitrogens is 2. The van der Waals surface area contributed by atoms with Gasteiger partial charge in [0.1, 0.15) is 0 Å². The van der Waals surface area contributed by atoms with Crippen molar-refractivity contribution in [1.82, 2.24) is 19.8 Å². The van der Waals surface area contributed by atoms with E-state index in [1.165, 1.54) is 0 Å². The van der Waals surface area contributed by atoms with Gasteiger partial charge >= 0.3 is 0 Å². The molecular weight excluding hydrogens is 294 g/mol. The van der Waals surface area contributed by atoms with Crippen LogP contribution in [0.4, 0.5) is 5.95 Å². The van der Waals surface area contributed by atoms with Gasteiger partial charge in [0.05, 0.1) is 0 Å². The van der Waals surface area contributed by atoms with Gasteiger partial charge in [-0.05, 0) is 12.5 Å². The molecule has 0 N–H and O–H groups in total. The minimum Gasteiger partial charge on any atom is -0.342 e. The predicted octanol–water partition coefficient (Wildman–Crippen LogP) is 0.774. The Hall–Kier alpha value is -2.18. The summed E-state index contributed by atoms with van der Waals surface area (Å²) in [7, 11) is 0. The topological polar surface area (TPSA) is 69.6 Å². The van der Waals surface area contributed by atoms with E-state index >= 15 is 0 Å². The quantitative estimate of drug-likeness (QED) is 0.775. The molecule has 7 heteroatoms. The van der Waals surface area contributed by atoms with E-state index in [4.69, 9.17) is 0 Å². The fraction of sp³-hybridized carbons (Fsp3) is 0.625. The molecule has 2 amide bonds. The van der Waals surface area contributed by atoms with Crippen molar-refractivity contribution < 1.29 is 9.59 Å². The van der Waals surface area contributed by atoms with E-state index in [1.807, 2.05) is 11.8 Å². The molecule has 1 aliphatic heterocycles. The van der Waals surface area contributed by atoms with Crippen molar-refractivity contribution in [3.63, 3.8) is 0 Å². The minimum atomic E-state index is 0.0331. The van der Waals surface area contributed by atoms with Crippen molar-refractivity contribution in [3.8, 4) is 0 Å². The molecule has 1 aromatic heterocycles. The van der Waals surface area contributed by atoms with E-state index in [9.17, 15) is 9.59 Å². The van der Waals surface area contributed by atoms with E-state index in [2.05, 4.69) is 14.9 Å². The number of piperazine rings is 1. The Morgan fingerprint density at radius 3 is 2.35 bits per heavy atom. The number of rotatable bonds is 6. The summed E-state index contributed by atoms with van der Waals surface area (Å²) in [6, 6.07) is 1.79. The van der Waals surface area contributed by atoms with Gasteiger partial charge in [-0.1, -0.05) is 6.92 Å². The maximum absolute atomic E-state index is 12.3. The van der Waals surface area contributed by atoms with Gasteiger partial charge in [0, 0.05) is 65.0 Å². The number of hydrogen-bond donors (Lipinski definition) is 0. The molecule has 1 fully saturated rings. The standard InChI is InChI=1S/C16H25N5O2/c1-3-8-19(14(2)22)9-5-15(23)20-10-12-21(13-11-20)16-17-6-4-7-18-16/h4,6-7H,3,5,8-13H2,1-2H3. The van der Waals surface area contributed by atoms with Gasteiger partial charge in [0.15, 0.2) is 0 Å². The molecule has 2 heterocycles. The molecule has 0 unspecified atom stereocenters. The summed E-state index contributed by atoms with van der Waals surface area (Å²) < 4.78 is 0. The minimum absolute atomic E-state index is 0.0331. The highest BCUT2D eigenvalue weighted by atomic mass is 16.2. The highest BCUT2D eigenvalue weighted by molar-refractivity contribution is 5.78. The first-order chi connectivity index (χ1) is 11.1. The van der Waals surface area contributed by atoms with Crippen molar-refractivity contribution in [2.24, 2.45) is 0 Å². The number of carbonyl (C=O) groups excluding carboxylic acids is 2. The fourth-order valence-corrected chi connectivity index (χ4v) is 2.70. The Balaban J connectivity index is 1.78. The van der Waals surface area contributed by atoms with Crippen molar-refractivity contribution in [2.75, 3.05) is 44.2 Å². The zero-order chi connectivity index (χ0) is 16.7. The Morgan fingerprint density at radius 1 is 1.13 bits per heavy atom. The van der Waals surface area contributed by atoms with Crippen LogP contribution in [0, 0.1) is 0 Å². The molecule has 0 aliphatic carbocycles. The van der Waals surface area contributed by atoms with E-state index < -0.39 is 0 Å². The van der Waals surface area contributed by atoms with Crippen LogP contribution in [0.25, 0.3) is 0 Å². The summed E-state index contributed by atoms with van der Waals surface area (Å²) in [5.74, 6) is 0.858. The highest BCUT2D eigenvalue weighted by Gasteiger charge is 2.22. The van der Waals surface area contributed by atoms with Gasteiger partial charge < -0.3 is 14.7 Å². The smallest absolute Gasteiger partial charge is 0.225 e. The molecule has 1 aliphatic rings. The van der Waals surface area contributed by atoms with Gasteiger partial charge in [-0.3, -0.25) is 9.59 Å². The normalized spacial score (nSPS) is 14.7. The van der Waals surface area contributed by atoms with Crippen LogP contribution in [-0.2, 0) is 9.59 Å². The zero-order valence-corrected chi connectivity index (χ0v) is 13.9. The molecule has 0 aromatic carbocycles. The third kappa shape index (κ3) is 4.91. The second kappa shape index (κ2) is 8.45. The maximum Gasteiger partial charge on any atom is 0.225 e. The first kappa shape index (κ1) is 17.2. The number of anilines is 1. The summed E-state index contributed by atoms with van der Waals surface area (Å²) in [4.78, 5) is 38.0. The zero-order valence-electron chi connectivity index (χ0n) is 13.9. The fourth-order valence-electron chi connectivity index (χ4n) is 2.70. The molecule has 0 atom stereocenters. The SMILES string of the molecule is CCCN(CCC(=O)N1CCN(c2ncccn2)CC1)C(C)=O. The number of hydrogen-bond acceptors (Lipinski definition) is 5. The Bertz CT molecular complexity index is 514. The summed E-state index contributed by atoms with van der Waals surface area (Å²) in [6.07, 6.45) is 4.75. The van der Waals surface area contributed by atoms with Crippen LogP contribution in [0.2, 0.25) is 0 Å². The number of amides is 2. The summed E-state index contributed by atoms with van der Waals surface area (Å²) in [6.45, 7) is 7.62. The molecule has 0 saturated carbocycles. The second-order valence-electron chi connectivity index (χ2n) is 5.67. The van der Waals surface area contributed by atoms with Crippen molar-refractivity contribution in [3.05, 3.63) is 18.5 Å². The van der Waals surface area contributed by atoms with Crippen LogP contribution in [-0.4, -0.2) is 70.9 Å². The van der Waals surface area contributed by atoms with Gasteiger partial charge in [0.25, 0.3) is 0 Å². The monoisotopic (exact) mass is 319 g/mol. The van der Waals surface area contributed by atoms with Crippen LogP contribution in [0.1, 0.15) is 26.7 Å². The summed E-state index contributed by atoms with van der Waals surface area (Å²) in [5, 5.41) is 0. The first-order valence-corrected chi connectivity index (χ1v) is 8.17. The van der Waals surface area contributed by atoms with Crippen LogP contribution in [0.5, 0.6) is 0 Å². The Morgan fingerprint density at radius 2 is 1.78 bits per heavy atom. The lowest BCUT2D eigenvalue weighted by molar-refractivity contribution is -0.133. The Labute approximate surface area is 137 Å². The molecule has 126 valence electrons. The summed E-state index contributed by atoms with van der Waals surface area (Å²) >= 11 is 0. The molecule has 7 nitrogen and oxygen atoms in total. The number of carbonyl (C=O) groups is 2. The maximum atomic E-state index is 12.3. The van der Waals surface area contributed by atoms with Crippen molar-refractivity contribution in [2.45, 2.75) is 26.7 Å². The van der Waals surface area contributed by atoms with Crippen LogP contribution < -0.4 is 4.90 Å².